The first kappa shape index (κ1) is 13.2. The van der Waals surface area contributed by atoms with Crippen LogP contribution in [0.4, 0.5) is 10.5 Å². The Bertz CT molecular complexity index is 1440. The summed E-state index contributed by atoms with van der Waals surface area (Å²) in [7, 11) is -5.92. The molecule has 0 atom stereocenters. The van der Waals surface area contributed by atoms with Crippen LogP contribution in [0.3, 0.4) is 0 Å². The van der Waals surface area contributed by atoms with Gasteiger partial charge in [0.1, 0.15) is 11.9 Å². The molecule has 0 bridgehead atoms. The van der Waals surface area contributed by atoms with Crippen LogP contribution in [-0.2, 0) is 22.9 Å². The topological polar surface area (TPSA) is 78.8 Å². The van der Waals surface area contributed by atoms with E-state index in [1.807, 2.05) is 0 Å². The number of nitrogens with one attached hydrogen (secondary N) is 1. The van der Waals surface area contributed by atoms with Crippen LogP contribution in [0.2, 0.25) is 0 Å². The number of esters is 1. The van der Waals surface area contributed by atoms with Gasteiger partial charge < -0.3 is 18.8 Å². The third kappa shape index (κ3) is 4.56. The minimum Gasteiger partial charge on any atom is -0.496 e. The summed E-state index contributed by atoms with van der Waals surface area (Å²) in [4.78, 5) is 24.7. The fraction of sp³-hybridized carbons (Fsp3) is 0.360. The summed E-state index contributed by atoms with van der Waals surface area (Å²) < 4.78 is 83.9. The Morgan fingerprint density at radius 2 is 2.00 bits per heavy atom. The molecule has 0 spiro atoms. The molecule has 1 aromatic heterocycles. The van der Waals surface area contributed by atoms with E-state index in [0.717, 1.165) is 36.3 Å². The van der Waals surface area contributed by atoms with Gasteiger partial charge in [0.15, 0.2) is 0 Å². The Balaban J connectivity index is 1.70. The van der Waals surface area contributed by atoms with Crippen molar-refractivity contribution in [2.45, 2.75) is 38.2 Å². The predicted molar refractivity (Wildman–Crippen MR) is 122 cm³/mol. The van der Waals surface area contributed by atoms with Crippen molar-refractivity contribution in [2.24, 2.45) is 6.98 Å². The van der Waals surface area contributed by atoms with Gasteiger partial charge in [0.25, 0.3) is 0 Å². The van der Waals surface area contributed by atoms with Crippen LogP contribution in [-0.4, -0.2) is 36.8 Å². The maximum absolute atomic E-state index is 12.4. The van der Waals surface area contributed by atoms with Gasteiger partial charge >= 0.3 is 12.1 Å². The Labute approximate surface area is 199 Å². The van der Waals surface area contributed by atoms with Gasteiger partial charge in [0.2, 0.25) is 0 Å². The zero-order chi connectivity index (χ0) is 30.2. The van der Waals surface area contributed by atoms with Crippen molar-refractivity contribution in [3.05, 3.63) is 59.3 Å². The second kappa shape index (κ2) is 9.34. The first-order valence-corrected chi connectivity index (χ1v) is 10.2. The number of aromatic nitrogens is 1. The van der Waals surface area contributed by atoms with Crippen LogP contribution in [0.25, 0.3) is 10.9 Å². The van der Waals surface area contributed by atoms with Gasteiger partial charge in [-0.15, -0.1) is 0 Å². The third-order valence-electron chi connectivity index (χ3n) is 5.60. The van der Waals surface area contributed by atoms with E-state index in [4.69, 9.17) is 21.8 Å². The van der Waals surface area contributed by atoms with E-state index in [-0.39, 0.29) is 29.4 Å². The molecule has 0 aliphatic heterocycles. The summed E-state index contributed by atoms with van der Waals surface area (Å²) in [6, 6.07) is 8.38. The van der Waals surface area contributed by atoms with Crippen molar-refractivity contribution >= 4 is 28.7 Å². The zero-order valence-corrected chi connectivity index (χ0v) is 17.1. The monoisotopic (exact) mass is 445 g/mol. The summed E-state index contributed by atoms with van der Waals surface area (Å²) in [6.45, 7) is -2.55. The Hall–Kier alpha value is -3.48. The molecule has 1 fully saturated rings. The number of benzene rings is 2. The second-order valence-corrected chi connectivity index (χ2v) is 7.68. The molecular formula is C25H28N2O5. The molecule has 2 aromatic carbocycles. The van der Waals surface area contributed by atoms with Gasteiger partial charge in [-0.25, -0.2) is 9.59 Å². The standard InChI is InChI=1S/C25H28N2O5/c1-27-15-18(12-16-8-9-17(24(28)31-3)13-23(16)30-2)21-14-19(10-11-22(21)27)26-25(29)32-20-6-4-5-7-20/h8-11,13-15,20H,4-7,12H2,1-3H3,(H,26,29)/i1D3,2D3,3D3. The zero-order valence-electron chi connectivity index (χ0n) is 26.1. The molecule has 3 aromatic rings. The number of amides is 1. The highest BCUT2D eigenvalue weighted by molar-refractivity contribution is 5.92. The minimum atomic E-state index is -3.01. The number of hydrogen-bond donors (Lipinski definition) is 1. The Morgan fingerprint density at radius 3 is 2.78 bits per heavy atom. The van der Waals surface area contributed by atoms with Crippen molar-refractivity contribution in [2.75, 3.05) is 19.4 Å². The van der Waals surface area contributed by atoms with Crippen LogP contribution in [0.1, 0.15) is 59.5 Å². The van der Waals surface area contributed by atoms with Crippen LogP contribution in [0.15, 0.2) is 42.6 Å². The lowest BCUT2D eigenvalue weighted by Crippen LogP contribution is -2.20. The second-order valence-electron chi connectivity index (χ2n) is 7.68. The van der Waals surface area contributed by atoms with Crippen molar-refractivity contribution in [1.29, 1.82) is 0 Å². The molecular weight excluding hydrogens is 408 g/mol. The molecule has 1 amide bonds. The number of carbonyl (C=O) groups excluding carboxylic acids is 2. The van der Waals surface area contributed by atoms with Crippen LogP contribution < -0.4 is 10.1 Å². The van der Waals surface area contributed by atoms with E-state index in [2.05, 4.69) is 10.1 Å². The number of rotatable bonds is 6. The van der Waals surface area contributed by atoms with Gasteiger partial charge in [-0.1, -0.05) is 6.07 Å². The quantitative estimate of drug-likeness (QED) is 0.537. The lowest BCUT2D eigenvalue weighted by molar-refractivity contribution is 0.0600. The van der Waals surface area contributed by atoms with Gasteiger partial charge in [-0.2, -0.15) is 0 Å². The molecule has 1 heterocycles. The Kier molecular flexibility index (Phi) is 3.84. The number of carbonyl (C=O) groups is 2. The summed E-state index contributed by atoms with van der Waals surface area (Å²) in [5, 5.41) is 3.14. The van der Waals surface area contributed by atoms with Gasteiger partial charge in [-0.3, -0.25) is 5.32 Å². The fourth-order valence-corrected chi connectivity index (χ4v) is 4.01. The number of methoxy groups -OCH3 is 2. The molecule has 7 nitrogen and oxygen atoms in total. The van der Waals surface area contributed by atoms with Gasteiger partial charge in [-0.05, 0) is 67.1 Å². The molecule has 32 heavy (non-hydrogen) atoms. The van der Waals surface area contributed by atoms with Crippen molar-refractivity contribution in [1.82, 2.24) is 4.57 Å². The van der Waals surface area contributed by atoms with Crippen molar-refractivity contribution < 1.29 is 36.1 Å². The van der Waals surface area contributed by atoms with Crippen LogP contribution in [0, 0.1) is 0 Å². The van der Waals surface area contributed by atoms with Crippen LogP contribution >= 0.6 is 0 Å². The molecule has 0 radical (unpaired) electrons. The van der Waals surface area contributed by atoms with Crippen molar-refractivity contribution in [3.63, 3.8) is 0 Å². The largest absolute Gasteiger partial charge is 0.496 e. The van der Waals surface area contributed by atoms with Gasteiger partial charge in [0.05, 0.1) is 27.9 Å². The van der Waals surface area contributed by atoms with E-state index in [1.54, 1.807) is 18.2 Å². The number of anilines is 1. The average Bonchev–Trinajstić information content (AvgIpc) is 3.45. The molecule has 1 aliphatic rings. The lowest BCUT2D eigenvalue weighted by Gasteiger charge is -2.12. The maximum Gasteiger partial charge on any atom is 0.411 e. The number of hydrogen-bond acceptors (Lipinski definition) is 5. The number of ether oxygens (including phenoxy) is 3. The first-order chi connectivity index (χ1) is 19.0. The van der Waals surface area contributed by atoms with E-state index in [1.165, 1.54) is 18.3 Å². The van der Waals surface area contributed by atoms with E-state index in [9.17, 15) is 9.59 Å². The van der Waals surface area contributed by atoms with E-state index >= 15 is 0 Å². The molecule has 168 valence electrons. The molecule has 0 unspecified atom stereocenters. The molecule has 1 aliphatic carbocycles. The molecule has 1 N–H and O–H groups in total. The molecule has 7 heteroatoms. The van der Waals surface area contributed by atoms with E-state index < -0.39 is 33.1 Å². The predicted octanol–water partition coefficient (Wildman–Crippen LogP) is 5.06. The highest BCUT2D eigenvalue weighted by atomic mass is 16.6. The summed E-state index contributed by atoms with van der Waals surface area (Å²) in [6.07, 6.45) is 4.17. The summed E-state index contributed by atoms with van der Waals surface area (Å²) in [5.41, 5.74) is 1.19. The van der Waals surface area contributed by atoms with Gasteiger partial charge in [0, 0.05) is 40.3 Å². The summed E-state index contributed by atoms with van der Waals surface area (Å²) in [5.74, 6) is -1.44. The SMILES string of the molecule is [2H]C([2H])([2H])OC(=O)c1ccc(Cc2cn(C([2H])([2H])[2H])c3ccc(NC(=O)OC4CCCC4)cc23)c(OC([2H])([2H])[2H])c1. The highest BCUT2D eigenvalue weighted by Crippen LogP contribution is 2.30. The molecule has 0 saturated heterocycles. The third-order valence-corrected chi connectivity index (χ3v) is 5.60. The van der Waals surface area contributed by atoms with Crippen LogP contribution in [0.5, 0.6) is 5.75 Å². The normalized spacial score (nSPS) is 19.2. The number of nitrogens with zero attached hydrogens (tertiary/aromatic N) is 1. The average molecular weight is 446 g/mol. The fourth-order valence-electron chi connectivity index (χ4n) is 4.01. The first-order valence-electron chi connectivity index (χ1n) is 14.7. The Morgan fingerprint density at radius 1 is 1.12 bits per heavy atom. The smallest absolute Gasteiger partial charge is 0.411 e. The number of fused-ring (bicyclic) bond motifs is 1. The van der Waals surface area contributed by atoms with E-state index in [0.29, 0.717) is 22.2 Å². The highest BCUT2D eigenvalue weighted by Gasteiger charge is 2.19. The lowest BCUT2D eigenvalue weighted by atomic mass is 10.0. The maximum atomic E-state index is 12.4. The van der Waals surface area contributed by atoms with Crippen molar-refractivity contribution in [3.8, 4) is 5.75 Å². The summed E-state index contributed by atoms with van der Waals surface area (Å²) >= 11 is 0. The minimum absolute atomic E-state index is 0.0322. The number of aryl methyl sites for hydroxylation is 1. The molecule has 4 rings (SSSR count). The molecule has 1 saturated carbocycles.